The van der Waals surface area contributed by atoms with E-state index in [0.29, 0.717) is 31.7 Å². The highest BCUT2D eigenvalue weighted by Gasteiger charge is 2.57. The largest absolute Gasteiger partial charge is 0.492 e. The molecule has 5 rings (SSSR count). The van der Waals surface area contributed by atoms with Crippen molar-refractivity contribution in [2.24, 2.45) is 17.8 Å². The maximum Gasteiger partial charge on any atom is 0.228 e. The summed E-state index contributed by atoms with van der Waals surface area (Å²) in [6.45, 7) is 9.24. The van der Waals surface area contributed by atoms with Gasteiger partial charge in [-0.05, 0) is 69.8 Å². The van der Waals surface area contributed by atoms with Crippen LogP contribution in [0.2, 0.25) is 0 Å². The van der Waals surface area contributed by atoms with Gasteiger partial charge in [0.2, 0.25) is 5.91 Å². The van der Waals surface area contributed by atoms with Crippen molar-refractivity contribution < 1.29 is 14.3 Å². The van der Waals surface area contributed by atoms with Crippen LogP contribution < -0.4 is 10.1 Å². The summed E-state index contributed by atoms with van der Waals surface area (Å²) >= 11 is 0. The van der Waals surface area contributed by atoms with Gasteiger partial charge in [-0.3, -0.25) is 9.69 Å². The van der Waals surface area contributed by atoms with E-state index in [1.807, 2.05) is 32.0 Å². The van der Waals surface area contributed by atoms with Crippen LogP contribution in [0.15, 0.2) is 24.5 Å². The average Bonchev–Trinajstić information content (AvgIpc) is 3.11. The lowest BCUT2D eigenvalue weighted by atomic mass is 10.0. The molecule has 164 valence electrons. The van der Waals surface area contributed by atoms with Gasteiger partial charge in [0.25, 0.3) is 0 Å². The van der Waals surface area contributed by atoms with E-state index in [2.05, 4.69) is 20.2 Å². The molecule has 0 radical (unpaired) electrons. The number of amides is 1. The van der Waals surface area contributed by atoms with Crippen LogP contribution in [0.5, 0.6) is 5.75 Å². The van der Waals surface area contributed by atoms with E-state index in [1.165, 1.54) is 12.8 Å². The molecule has 7 heteroatoms. The predicted octanol–water partition coefficient (Wildman–Crippen LogP) is 3.07. The molecule has 0 spiro atoms. The first kappa shape index (κ1) is 20.4. The molecule has 3 heterocycles. The lowest BCUT2D eigenvalue weighted by Gasteiger charge is -2.19. The topological polar surface area (TPSA) is 76.6 Å². The summed E-state index contributed by atoms with van der Waals surface area (Å²) < 4.78 is 11.6. The molecule has 1 aromatic heterocycles. The molecule has 1 N–H and O–H groups in total. The summed E-state index contributed by atoms with van der Waals surface area (Å²) in [5, 5.41) is 3.11. The van der Waals surface area contributed by atoms with Crippen LogP contribution in [0.3, 0.4) is 0 Å². The Hall–Kier alpha value is -2.51. The fourth-order valence-electron chi connectivity index (χ4n) is 5.06. The number of aromatic nitrogens is 2. The number of likely N-dealkylation sites (tertiary alicyclic amines) is 1. The van der Waals surface area contributed by atoms with Gasteiger partial charge in [-0.15, -0.1) is 0 Å². The maximum absolute atomic E-state index is 12.7. The van der Waals surface area contributed by atoms with E-state index in [0.717, 1.165) is 53.6 Å². The number of rotatable bonds is 7. The predicted molar refractivity (Wildman–Crippen MR) is 118 cm³/mol. The Bertz CT molecular complexity index is 943. The zero-order valence-electron chi connectivity index (χ0n) is 18.3. The molecule has 2 atom stereocenters. The molecule has 2 aliphatic heterocycles. The molecule has 3 fully saturated rings. The van der Waals surface area contributed by atoms with Gasteiger partial charge in [-0.1, -0.05) is 0 Å². The number of aryl methyl sites for hydroxylation is 2. The van der Waals surface area contributed by atoms with Gasteiger partial charge in [-0.25, -0.2) is 9.97 Å². The smallest absolute Gasteiger partial charge is 0.228 e. The van der Waals surface area contributed by atoms with Crippen LogP contribution in [-0.4, -0.2) is 60.2 Å². The number of carbonyl (C=O) groups is 1. The number of benzene rings is 1. The quantitative estimate of drug-likeness (QED) is 0.739. The molecule has 1 saturated carbocycles. The third kappa shape index (κ3) is 4.16. The standard InChI is InChI=1S/C24H30N4O3/c1-15-22(16(2)26-14-25-15)18-11-17(27-24(29)23-19-12-30-13-20(19)23)5-6-21(18)31-10-9-28-7-3-4-8-28/h5-6,11,14,19-20,23H,3-4,7-10,12-13H2,1-2H3,(H,27,29). The van der Waals surface area contributed by atoms with Crippen LogP contribution in [-0.2, 0) is 9.53 Å². The molecule has 2 saturated heterocycles. The molecular weight excluding hydrogens is 392 g/mol. The monoisotopic (exact) mass is 422 g/mol. The number of hydrogen-bond acceptors (Lipinski definition) is 6. The Balaban J connectivity index is 1.37. The Labute approximate surface area is 183 Å². The zero-order valence-corrected chi connectivity index (χ0v) is 18.3. The summed E-state index contributed by atoms with van der Waals surface area (Å²) in [5.74, 6) is 1.75. The second-order valence-electron chi connectivity index (χ2n) is 8.91. The highest BCUT2D eigenvalue weighted by molar-refractivity contribution is 5.96. The number of hydrogen-bond donors (Lipinski definition) is 1. The van der Waals surface area contributed by atoms with Crippen molar-refractivity contribution >= 4 is 11.6 Å². The summed E-state index contributed by atoms with van der Waals surface area (Å²) in [6.07, 6.45) is 4.13. The van der Waals surface area contributed by atoms with E-state index in [4.69, 9.17) is 9.47 Å². The third-order valence-corrected chi connectivity index (χ3v) is 6.86. The van der Waals surface area contributed by atoms with Crippen molar-refractivity contribution in [3.63, 3.8) is 0 Å². The van der Waals surface area contributed by atoms with Crippen molar-refractivity contribution in [2.75, 3.05) is 44.8 Å². The molecular formula is C24H30N4O3. The van der Waals surface area contributed by atoms with Gasteiger partial charge in [-0.2, -0.15) is 0 Å². The molecule has 0 bridgehead atoms. The fourth-order valence-corrected chi connectivity index (χ4v) is 5.06. The Kier molecular flexibility index (Phi) is 5.63. The van der Waals surface area contributed by atoms with Crippen LogP contribution in [0.25, 0.3) is 11.1 Å². The van der Waals surface area contributed by atoms with Gasteiger partial charge in [0.05, 0.1) is 13.2 Å². The van der Waals surface area contributed by atoms with Crippen molar-refractivity contribution in [1.29, 1.82) is 0 Å². The Morgan fingerprint density at radius 1 is 1.16 bits per heavy atom. The van der Waals surface area contributed by atoms with E-state index >= 15 is 0 Å². The SMILES string of the molecule is Cc1ncnc(C)c1-c1cc(NC(=O)C2C3COCC32)ccc1OCCN1CCCC1. The molecule has 7 nitrogen and oxygen atoms in total. The van der Waals surface area contributed by atoms with E-state index in [-0.39, 0.29) is 11.8 Å². The van der Waals surface area contributed by atoms with Gasteiger partial charge < -0.3 is 14.8 Å². The highest BCUT2D eigenvalue weighted by atomic mass is 16.5. The van der Waals surface area contributed by atoms with E-state index in [1.54, 1.807) is 6.33 Å². The minimum Gasteiger partial charge on any atom is -0.492 e. The number of nitrogens with zero attached hydrogens (tertiary/aromatic N) is 3. The minimum absolute atomic E-state index is 0.0807. The first-order valence-corrected chi connectivity index (χ1v) is 11.3. The number of nitrogens with one attached hydrogen (secondary N) is 1. The highest BCUT2D eigenvalue weighted by Crippen LogP contribution is 2.51. The van der Waals surface area contributed by atoms with E-state index < -0.39 is 0 Å². The summed E-state index contributed by atoms with van der Waals surface area (Å²) in [5.41, 5.74) is 4.46. The fraction of sp³-hybridized carbons (Fsp3) is 0.542. The van der Waals surface area contributed by atoms with Gasteiger partial charge >= 0.3 is 0 Å². The Morgan fingerprint density at radius 2 is 1.87 bits per heavy atom. The summed E-state index contributed by atoms with van der Waals surface area (Å²) in [6, 6.07) is 5.88. The third-order valence-electron chi connectivity index (χ3n) is 6.86. The second-order valence-corrected chi connectivity index (χ2v) is 8.91. The van der Waals surface area contributed by atoms with Crippen LogP contribution in [0.1, 0.15) is 24.2 Å². The van der Waals surface area contributed by atoms with Gasteiger partial charge in [0, 0.05) is 40.7 Å². The zero-order chi connectivity index (χ0) is 21.4. The average molecular weight is 423 g/mol. The van der Waals surface area contributed by atoms with Crippen LogP contribution in [0, 0.1) is 31.6 Å². The summed E-state index contributed by atoms with van der Waals surface area (Å²) in [4.78, 5) is 24.0. The number of fused-ring (bicyclic) bond motifs is 1. The molecule has 2 aromatic rings. The minimum atomic E-state index is 0.0807. The molecule has 1 aliphatic carbocycles. The summed E-state index contributed by atoms with van der Waals surface area (Å²) in [7, 11) is 0. The van der Waals surface area contributed by atoms with Crippen LogP contribution >= 0.6 is 0 Å². The lowest BCUT2D eigenvalue weighted by Crippen LogP contribution is -2.25. The van der Waals surface area contributed by atoms with Gasteiger partial charge in [0.1, 0.15) is 18.7 Å². The number of carbonyl (C=O) groups excluding carboxylic acids is 1. The molecule has 2 unspecified atom stereocenters. The van der Waals surface area contributed by atoms with Crippen molar-refractivity contribution in [3.8, 4) is 16.9 Å². The van der Waals surface area contributed by atoms with Crippen molar-refractivity contribution in [1.82, 2.24) is 14.9 Å². The number of ether oxygens (including phenoxy) is 2. The number of anilines is 1. The molecule has 1 amide bonds. The van der Waals surface area contributed by atoms with Gasteiger partial charge in [0.15, 0.2) is 0 Å². The first-order valence-electron chi connectivity index (χ1n) is 11.3. The van der Waals surface area contributed by atoms with Crippen LogP contribution in [0.4, 0.5) is 5.69 Å². The first-order chi connectivity index (χ1) is 15.1. The second kappa shape index (κ2) is 8.55. The van der Waals surface area contributed by atoms with Crippen molar-refractivity contribution in [3.05, 3.63) is 35.9 Å². The Morgan fingerprint density at radius 3 is 2.58 bits per heavy atom. The molecule has 31 heavy (non-hydrogen) atoms. The van der Waals surface area contributed by atoms with Crippen molar-refractivity contribution in [2.45, 2.75) is 26.7 Å². The molecule has 1 aromatic carbocycles. The maximum atomic E-state index is 12.7. The normalized spacial score (nSPS) is 24.8. The van der Waals surface area contributed by atoms with E-state index in [9.17, 15) is 4.79 Å². The lowest BCUT2D eigenvalue weighted by molar-refractivity contribution is -0.118. The molecule has 3 aliphatic rings.